The second-order valence-corrected chi connectivity index (χ2v) is 8.18. The zero-order valence-corrected chi connectivity index (χ0v) is 14.6. The van der Waals surface area contributed by atoms with Crippen LogP contribution in [0.1, 0.15) is 77.6 Å². The predicted octanol–water partition coefficient (Wildman–Crippen LogP) is 2.82. The van der Waals surface area contributed by atoms with Crippen molar-refractivity contribution in [3.63, 3.8) is 0 Å². The Morgan fingerprint density at radius 3 is 2.26 bits per heavy atom. The fraction of sp³-hybridized carbons (Fsp3) is 1.00. The highest BCUT2D eigenvalue weighted by molar-refractivity contribution is 4.83. The van der Waals surface area contributed by atoms with Gasteiger partial charge in [-0.2, -0.15) is 0 Å². The average Bonchev–Trinajstić information content (AvgIpc) is 2.54. The Bertz CT molecular complexity index is 327. The Hall–Kier alpha value is -0.160. The van der Waals surface area contributed by atoms with Crippen molar-refractivity contribution in [3.8, 4) is 0 Å². The number of aliphatic hydroxyl groups excluding tert-OH is 3. The SMILES string of the molecule is CC1CC([C@@H](O)C[C@@H](CCC2CCCCC2)C(O)O)CCC1O. The smallest absolute Gasteiger partial charge is 0.154 e. The van der Waals surface area contributed by atoms with Gasteiger partial charge in [-0.05, 0) is 56.3 Å². The van der Waals surface area contributed by atoms with Gasteiger partial charge < -0.3 is 20.4 Å². The molecule has 0 aliphatic heterocycles. The second kappa shape index (κ2) is 9.36. The van der Waals surface area contributed by atoms with Gasteiger partial charge in [0.05, 0.1) is 12.2 Å². The van der Waals surface area contributed by atoms with Crippen LogP contribution >= 0.6 is 0 Å². The summed E-state index contributed by atoms with van der Waals surface area (Å²) in [6, 6.07) is 0. The van der Waals surface area contributed by atoms with Crippen LogP contribution in [0.4, 0.5) is 0 Å². The van der Waals surface area contributed by atoms with Gasteiger partial charge in [0.15, 0.2) is 6.29 Å². The maximum atomic E-state index is 10.5. The van der Waals surface area contributed by atoms with E-state index < -0.39 is 12.4 Å². The van der Waals surface area contributed by atoms with Crippen molar-refractivity contribution < 1.29 is 20.4 Å². The zero-order valence-electron chi connectivity index (χ0n) is 14.6. The lowest BCUT2D eigenvalue weighted by Gasteiger charge is -2.35. The average molecular weight is 328 g/mol. The van der Waals surface area contributed by atoms with Crippen molar-refractivity contribution in [2.75, 3.05) is 0 Å². The van der Waals surface area contributed by atoms with Crippen LogP contribution in [-0.4, -0.2) is 38.9 Å². The molecule has 0 amide bonds. The molecule has 4 heteroatoms. The van der Waals surface area contributed by atoms with E-state index in [0.717, 1.165) is 38.0 Å². The predicted molar refractivity (Wildman–Crippen MR) is 90.7 cm³/mol. The summed E-state index contributed by atoms with van der Waals surface area (Å²) < 4.78 is 0. The minimum atomic E-state index is -1.33. The van der Waals surface area contributed by atoms with Crippen LogP contribution in [0.3, 0.4) is 0 Å². The van der Waals surface area contributed by atoms with E-state index in [1.807, 2.05) is 6.92 Å². The van der Waals surface area contributed by atoms with Gasteiger partial charge in [-0.15, -0.1) is 0 Å². The van der Waals surface area contributed by atoms with Crippen LogP contribution in [0.5, 0.6) is 0 Å². The molecule has 0 aromatic heterocycles. The van der Waals surface area contributed by atoms with Gasteiger partial charge in [-0.3, -0.25) is 0 Å². The Morgan fingerprint density at radius 1 is 0.957 bits per heavy atom. The van der Waals surface area contributed by atoms with E-state index in [1.165, 1.54) is 32.1 Å². The standard InChI is InChI=1S/C19H36O4/c1-13-11-15(9-10-17(13)20)18(21)12-16(19(22)23)8-7-14-5-3-2-4-6-14/h13-23H,2-12H2,1H3/t13?,15?,16-,17?,18+/m1/s1. The second-order valence-electron chi connectivity index (χ2n) is 8.18. The van der Waals surface area contributed by atoms with E-state index in [0.29, 0.717) is 6.42 Å². The fourth-order valence-corrected chi connectivity index (χ4v) is 4.59. The molecular formula is C19H36O4. The molecule has 23 heavy (non-hydrogen) atoms. The zero-order chi connectivity index (χ0) is 16.8. The summed E-state index contributed by atoms with van der Waals surface area (Å²) in [7, 11) is 0. The molecule has 0 saturated heterocycles. The summed E-state index contributed by atoms with van der Waals surface area (Å²) >= 11 is 0. The van der Waals surface area contributed by atoms with Crippen LogP contribution in [-0.2, 0) is 0 Å². The third kappa shape index (κ3) is 6.00. The first kappa shape index (κ1) is 19.2. The molecule has 2 fully saturated rings. The maximum Gasteiger partial charge on any atom is 0.154 e. The van der Waals surface area contributed by atoms with Gasteiger partial charge in [-0.25, -0.2) is 0 Å². The molecule has 4 N–H and O–H groups in total. The summed E-state index contributed by atoms with van der Waals surface area (Å²) in [5.74, 6) is 0.911. The first-order valence-electron chi connectivity index (χ1n) is 9.69. The molecule has 3 unspecified atom stereocenters. The number of hydrogen-bond donors (Lipinski definition) is 4. The van der Waals surface area contributed by atoms with Crippen LogP contribution in [0, 0.1) is 23.7 Å². The molecule has 0 spiro atoms. The van der Waals surface area contributed by atoms with Gasteiger partial charge in [0.25, 0.3) is 0 Å². The minimum Gasteiger partial charge on any atom is -0.393 e. The van der Waals surface area contributed by atoms with E-state index in [-0.39, 0.29) is 23.9 Å². The summed E-state index contributed by atoms with van der Waals surface area (Å²) in [4.78, 5) is 0. The molecule has 2 rings (SSSR count). The number of hydrogen-bond acceptors (Lipinski definition) is 4. The van der Waals surface area contributed by atoms with Crippen LogP contribution in [0.2, 0.25) is 0 Å². The van der Waals surface area contributed by atoms with Gasteiger partial charge in [-0.1, -0.05) is 39.0 Å². The fourth-order valence-electron chi connectivity index (χ4n) is 4.59. The Kier molecular flexibility index (Phi) is 7.80. The molecular weight excluding hydrogens is 292 g/mol. The molecule has 5 atom stereocenters. The van der Waals surface area contributed by atoms with Crippen molar-refractivity contribution in [2.45, 2.75) is 96.1 Å². The van der Waals surface area contributed by atoms with E-state index in [4.69, 9.17) is 0 Å². The summed E-state index contributed by atoms with van der Waals surface area (Å²) in [6.45, 7) is 2.03. The van der Waals surface area contributed by atoms with Crippen LogP contribution < -0.4 is 0 Å². The summed E-state index contributed by atoms with van der Waals surface area (Å²) in [6.07, 6.45) is 9.17. The van der Waals surface area contributed by atoms with Crippen molar-refractivity contribution in [3.05, 3.63) is 0 Å². The highest BCUT2D eigenvalue weighted by Crippen LogP contribution is 2.35. The minimum absolute atomic E-state index is 0.185. The van der Waals surface area contributed by atoms with Gasteiger partial charge in [0, 0.05) is 5.92 Å². The lowest BCUT2D eigenvalue weighted by atomic mass is 9.75. The molecule has 0 heterocycles. The highest BCUT2D eigenvalue weighted by Gasteiger charge is 2.32. The van der Waals surface area contributed by atoms with Crippen molar-refractivity contribution >= 4 is 0 Å². The lowest BCUT2D eigenvalue weighted by molar-refractivity contribution is -0.105. The monoisotopic (exact) mass is 328 g/mol. The molecule has 136 valence electrons. The van der Waals surface area contributed by atoms with E-state index in [1.54, 1.807) is 0 Å². The van der Waals surface area contributed by atoms with Crippen LogP contribution in [0.15, 0.2) is 0 Å². The van der Waals surface area contributed by atoms with E-state index >= 15 is 0 Å². The largest absolute Gasteiger partial charge is 0.393 e. The normalized spacial score (nSPS) is 32.9. The van der Waals surface area contributed by atoms with E-state index in [9.17, 15) is 20.4 Å². The Balaban J connectivity index is 1.78. The van der Waals surface area contributed by atoms with Gasteiger partial charge >= 0.3 is 0 Å². The highest BCUT2D eigenvalue weighted by atomic mass is 16.5. The third-order valence-electron chi connectivity index (χ3n) is 6.35. The first-order chi connectivity index (χ1) is 11.0. The molecule has 0 bridgehead atoms. The Labute approximate surface area is 140 Å². The molecule has 0 aromatic rings. The molecule has 0 radical (unpaired) electrons. The van der Waals surface area contributed by atoms with Crippen molar-refractivity contribution in [2.24, 2.45) is 23.7 Å². The topological polar surface area (TPSA) is 80.9 Å². The first-order valence-corrected chi connectivity index (χ1v) is 9.69. The molecule has 2 aliphatic rings. The lowest BCUT2D eigenvalue weighted by Crippen LogP contribution is -2.35. The molecule has 2 saturated carbocycles. The molecule has 0 aromatic carbocycles. The van der Waals surface area contributed by atoms with E-state index in [2.05, 4.69) is 0 Å². The van der Waals surface area contributed by atoms with Gasteiger partial charge in [0.2, 0.25) is 0 Å². The Morgan fingerprint density at radius 2 is 1.65 bits per heavy atom. The summed E-state index contributed by atoms with van der Waals surface area (Å²) in [5.41, 5.74) is 0. The maximum absolute atomic E-state index is 10.5. The third-order valence-corrected chi connectivity index (χ3v) is 6.35. The molecule has 4 nitrogen and oxygen atoms in total. The summed E-state index contributed by atoms with van der Waals surface area (Å²) in [5, 5.41) is 39.7. The number of aliphatic hydroxyl groups is 4. The van der Waals surface area contributed by atoms with Gasteiger partial charge in [0.1, 0.15) is 0 Å². The van der Waals surface area contributed by atoms with Crippen LogP contribution in [0.25, 0.3) is 0 Å². The van der Waals surface area contributed by atoms with Crippen molar-refractivity contribution in [1.29, 1.82) is 0 Å². The van der Waals surface area contributed by atoms with Crippen molar-refractivity contribution in [1.82, 2.24) is 0 Å². The number of rotatable bonds is 7. The quantitative estimate of drug-likeness (QED) is 0.542. The molecule has 2 aliphatic carbocycles.